The highest BCUT2D eigenvalue weighted by Gasteiger charge is 2.19. The largest absolute Gasteiger partial charge is 0.462 e. The molecule has 0 aliphatic carbocycles. The van der Waals surface area contributed by atoms with Crippen molar-refractivity contribution in [3.05, 3.63) is 0 Å². The summed E-state index contributed by atoms with van der Waals surface area (Å²) in [7, 11) is 0. The standard InChI is InChI=1S/C57H110O6/c1-5-7-9-11-13-15-17-19-20-21-22-23-24-26-28-33-37-41-45-49-56(59)62-52-54(63-57(60)50-46-42-38-34-30-29-31-35-39-43-47-53(3)4)51-61-55(58)48-44-40-36-32-27-25-18-16-14-12-10-8-6-2/h53-54H,5-52H2,1-4H3/t54-/m1/s1. The first kappa shape index (κ1) is 61.4. The number of ether oxygens (including phenoxy) is 3. The highest BCUT2D eigenvalue weighted by molar-refractivity contribution is 5.71. The second-order valence-electron chi connectivity index (χ2n) is 20.1. The SMILES string of the molecule is CCCCCCCCCCCCCCCCCCCCCC(=O)OC[C@@H](COC(=O)CCCCCCCCCCCCCCC)OC(=O)CCCCCCCCCCCCC(C)C. The molecule has 0 fully saturated rings. The van der Waals surface area contributed by atoms with Gasteiger partial charge in [0, 0.05) is 19.3 Å². The number of esters is 3. The van der Waals surface area contributed by atoms with E-state index in [1.807, 2.05) is 0 Å². The lowest BCUT2D eigenvalue weighted by molar-refractivity contribution is -0.167. The summed E-state index contributed by atoms with van der Waals surface area (Å²) in [5.74, 6) is -0.0225. The van der Waals surface area contributed by atoms with Crippen molar-refractivity contribution in [2.24, 2.45) is 5.92 Å². The van der Waals surface area contributed by atoms with Gasteiger partial charge < -0.3 is 14.2 Å². The van der Waals surface area contributed by atoms with Crippen LogP contribution in [0.1, 0.15) is 323 Å². The lowest BCUT2D eigenvalue weighted by Gasteiger charge is -2.18. The maximum Gasteiger partial charge on any atom is 0.306 e. The molecular weight excluding hydrogens is 781 g/mol. The van der Waals surface area contributed by atoms with E-state index in [0.717, 1.165) is 63.7 Å². The first-order valence-electron chi connectivity index (χ1n) is 28.4. The van der Waals surface area contributed by atoms with E-state index in [1.54, 1.807) is 0 Å². The summed E-state index contributed by atoms with van der Waals surface area (Å²) in [5.41, 5.74) is 0. The molecule has 0 unspecified atom stereocenters. The summed E-state index contributed by atoms with van der Waals surface area (Å²) in [5, 5.41) is 0. The van der Waals surface area contributed by atoms with Crippen LogP contribution in [0.2, 0.25) is 0 Å². The van der Waals surface area contributed by atoms with Gasteiger partial charge >= 0.3 is 17.9 Å². The summed E-state index contributed by atoms with van der Waals surface area (Å²) in [6.07, 6.45) is 55.2. The van der Waals surface area contributed by atoms with E-state index in [2.05, 4.69) is 27.7 Å². The molecule has 1 atom stereocenters. The Kier molecular flexibility index (Phi) is 50.1. The van der Waals surface area contributed by atoms with Crippen LogP contribution in [0.5, 0.6) is 0 Å². The number of hydrogen-bond donors (Lipinski definition) is 0. The highest BCUT2D eigenvalue weighted by Crippen LogP contribution is 2.18. The summed E-state index contributed by atoms with van der Waals surface area (Å²) in [6, 6.07) is 0. The van der Waals surface area contributed by atoms with E-state index in [1.165, 1.54) is 218 Å². The average molecular weight is 892 g/mol. The fourth-order valence-corrected chi connectivity index (χ4v) is 8.75. The van der Waals surface area contributed by atoms with Crippen LogP contribution in [-0.4, -0.2) is 37.2 Å². The lowest BCUT2D eigenvalue weighted by atomic mass is 10.0. The van der Waals surface area contributed by atoms with Gasteiger partial charge in [-0.2, -0.15) is 0 Å². The molecule has 0 aliphatic heterocycles. The van der Waals surface area contributed by atoms with E-state index in [4.69, 9.17) is 14.2 Å². The van der Waals surface area contributed by atoms with Gasteiger partial charge in [0.25, 0.3) is 0 Å². The Hall–Kier alpha value is -1.59. The Labute approximate surface area is 393 Å². The van der Waals surface area contributed by atoms with E-state index in [0.29, 0.717) is 19.3 Å². The summed E-state index contributed by atoms with van der Waals surface area (Å²) >= 11 is 0. The zero-order valence-corrected chi connectivity index (χ0v) is 43.0. The van der Waals surface area contributed by atoms with Gasteiger partial charge in [0.15, 0.2) is 6.10 Å². The van der Waals surface area contributed by atoms with Crippen LogP contribution in [-0.2, 0) is 28.6 Å². The fraction of sp³-hybridized carbons (Fsp3) is 0.947. The van der Waals surface area contributed by atoms with Crippen molar-refractivity contribution in [1.29, 1.82) is 0 Å². The maximum atomic E-state index is 12.8. The van der Waals surface area contributed by atoms with Crippen molar-refractivity contribution in [3.63, 3.8) is 0 Å². The summed E-state index contributed by atoms with van der Waals surface area (Å²) < 4.78 is 16.9. The van der Waals surface area contributed by atoms with Crippen molar-refractivity contribution in [2.75, 3.05) is 13.2 Å². The molecule has 0 rings (SSSR count). The highest BCUT2D eigenvalue weighted by atomic mass is 16.6. The van der Waals surface area contributed by atoms with Crippen LogP contribution < -0.4 is 0 Å². The van der Waals surface area contributed by atoms with Crippen molar-refractivity contribution in [1.82, 2.24) is 0 Å². The van der Waals surface area contributed by atoms with Gasteiger partial charge in [-0.3, -0.25) is 14.4 Å². The van der Waals surface area contributed by atoms with Crippen LogP contribution in [0.15, 0.2) is 0 Å². The van der Waals surface area contributed by atoms with Crippen LogP contribution in [0.3, 0.4) is 0 Å². The number of rotatable bonds is 52. The molecule has 0 spiro atoms. The average Bonchev–Trinajstić information content (AvgIpc) is 3.27. The second-order valence-corrected chi connectivity index (χ2v) is 20.1. The molecule has 0 aliphatic rings. The Morgan fingerprint density at radius 1 is 0.302 bits per heavy atom. The molecule has 0 radical (unpaired) electrons. The Morgan fingerprint density at radius 3 is 0.778 bits per heavy atom. The van der Waals surface area contributed by atoms with Crippen LogP contribution in [0.25, 0.3) is 0 Å². The molecule has 0 amide bonds. The smallest absolute Gasteiger partial charge is 0.306 e. The maximum absolute atomic E-state index is 12.8. The molecule has 63 heavy (non-hydrogen) atoms. The Balaban J connectivity index is 4.26. The first-order valence-corrected chi connectivity index (χ1v) is 28.4. The molecule has 6 nitrogen and oxygen atoms in total. The van der Waals surface area contributed by atoms with Crippen LogP contribution in [0.4, 0.5) is 0 Å². The third kappa shape index (κ3) is 51.3. The molecule has 0 saturated carbocycles. The van der Waals surface area contributed by atoms with Crippen molar-refractivity contribution in [2.45, 2.75) is 329 Å². The van der Waals surface area contributed by atoms with Gasteiger partial charge in [-0.25, -0.2) is 0 Å². The number of unbranched alkanes of at least 4 members (excludes halogenated alkanes) is 39. The molecule has 0 bridgehead atoms. The summed E-state index contributed by atoms with van der Waals surface area (Å²) in [4.78, 5) is 38.1. The Bertz CT molecular complexity index is 949. The molecule has 0 N–H and O–H groups in total. The molecule has 0 heterocycles. The topological polar surface area (TPSA) is 78.9 Å². The van der Waals surface area contributed by atoms with Crippen LogP contribution >= 0.6 is 0 Å². The second kappa shape index (κ2) is 51.4. The van der Waals surface area contributed by atoms with Gasteiger partial charge in [-0.15, -0.1) is 0 Å². The third-order valence-electron chi connectivity index (χ3n) is 13.0. The van der Waals surface area contributed by atoms with E-state index in [9.17, 15) is 14.4 Å². The minimum absolute atomic E-state index is 0.0623. The molecule has 6 heteroatoms. The first-order chi connectivity index (χ1) is 30.9. The molecule has 0 aromatic carbocycles. The van der Waals surface area contributed by atoms with Crippen LogP contribution in [0, 0.1) is 5.92 Å². The van der Waals surface area contributed by atoms with Gasteiger partial charge in [0.05, 0.1) is 0 Å². The molecule has 0 aromatic heterocycles. The zero-order valence-electron chi connectivity index (χ0n) is 43.0. The minimum atomic E-state index is -0.761. The van der Waals surface area contributed by atoms with E-state index >= 15 is 0 Å². The van der Waals surface area contributed by atoms with Crippen molar-refractivity contribution < 1.29 is 28.6 Å². The molecule has 0 saturated heterocycles. The molecule has 0 aromatic rings. The fourth-order valence-electron chi connectivity index (χ4n) is 8.75. The number of carbonyl (C=O) groups is 3. The van der Waals surface area contributed by atoms with Gasteiger partial charge in [0.2, 0.25) is 0 Å². The van der Waals surface area contributed by atoms with Crippen molar-refractivity contribution >= 4 is 17.9 Å². The lowest BCUT2D eigenvalue weighted by Crippen LogP contribution is -2.30. The van der Waals surface area contributed by atoms with Gasteiger partial charge in [-0.1, -0.05) is 285 Å². The normalized spacial score (nSPS) is 12.0. The summed E-state index contributed by atoms with van der Waals surface area (Å²) in [6.45, 7) is 9.04. The minimum Gasteiger partial charge on any atom is -0.462 e. The van der Waals surface area contributed by atoms with Gasteiger partial charge in [-0.05, 0) is 25.2 Å². The Morgan fingerprint density at radius 2 is 0.524 bits per heavy atom. The predicted octanol–water partition coefficient (Wildman–Crippen LogP) is 18.6. The van der Waals surface area contributed by atoms with Crippen molar-refractivity contribution in [3.8, 4) is 0 Å². The number of carbonyl (C=O) groups excluding carboxylic acids is 3. The molecule has 374 valence electrons. The van der Waals surface area contributed by atoms with Gasteiger partial charge in [0.1, 0.15) is 13.2 Å². The third-order valence-corrected chi connectivity index (χ3v) is 13.0. The monoisotopic (exact) mass is 891 g/mol. The zero-order chi connectivity index (χ0) is 45.9. The van der Waals surface area contributed by atoms with E-state index in [-0.39, 0.29) is 31.1 Å². The van der Waals surface area contributed by atoms with E-state index < -0.39 is 6.10 Å². The quantitative estimate of drug-likeness (QED) is 0.0344. The predicted molar refractivity (Wildman–Crippen MR) is 270 cm³/mol. The molecular formula is C57H110O6. The number of hydrogen-bond acceptors (Lipinski definition) is 6.